The highest BCUT2D eigenvalue weighted by atomic mass is 16.2. The van der Waals surface area contributed by atoms with Gasteiger partial charge in [0.1, 0.15) is 0 Å². The van der Waals surface area contributed by atoms with E-state index in [-0.39, 0.29) is 23.3 Å². The first-order valence-corrected chi connectivity index (χ1v) is 8.20. The molecule has 2 fully saturated rings. The number of rotatable bonds is 2. The minimum atomic E-state index is -0.436. The van der Waals surface area contributed by atoms with E-state index in [9.17, 15) is 9.59 Å². The lowest BCUT2D eigenvalue weighted by atomic mass is 9.78. The second kappa shape index (κ2) is 6.34. The Kier molecular flexibility index (Phi) is 4.91. The summed E-state index contributed by atoms with van der Waals surface area (Å²) >= 11 is 0. The van der Waals surface area contributed by atoms with E-state index in [2.05, 4.69) is 0 Å². The van der Waals surface area contributed by atoms with Crippen molar-refractivity contribution >= 4 is 11.8 Å². The number of nitrogens with zero attached hydrogens (tertiary/aromatic N) is 2. The fourth-order valence-corrected chi connectivity index (χ4v) is 3.79. The van der Waals surface area contributed by atoms with Gasteiger partial charge in [-0.3, -0.25) is 9.59 Å². The van der Waals surface area contributed by atoms with Crippen LogP contribution in [0.25, 0.3) is 0 Å². The third-order valence-electron chi connectivity index (χ3n) is 5.13. The molecule has 5 heteroatoms. The van der Waals surface area contributed by atoms with Gasteiger partial charge in [0, 0.05) is 26.6 Å². The molecule has 1 aliphatic heterocycles. The van der Waals surface area contributed by atoms with Crippen molar-refractivity contribution in [1.29, 1.82) is 0 Å². The van der Waals surface area contributed by atoms with E-state index >= 15 is 0 Å². The number of hydrogen-bond donors (Lipinski definition) is 1. The fourth-order valence-electron chi connectivity index (χ4n) is 3.79. The highest BCUT2D eigenvalue weighted by molar-refractivity contribution is 5.82. The second-order valence-corrected chi connectivity index (χ2v) is 6.99. The Bertz CT molecular complexity index is 402. The number of carbonyl (C=O) groups is 2. The molecule has 1 saturated carbocycles. The number of piperazine rings is 1. The van der Waals surface area contributed by atoms with Gasteiger partial charge >= 0.3 is 0 Å². The summed E-state index contributed by atoms with van der Waals surface area (Å²) in [5, 5.41) is 0. The minimum Gasteiger partial charge on any atom is -0.337 e. The van der Waals surface area contributed by atoms with E-state index in [1.165, 1.54) is 6.42 Å². The average Bonchev–Trinajstić information content (AvgIpc) is 2.45. The van der Waals surface area contributed by atoms with Crippen LogP contribution in [0.5, 0.6) is 0 Å². The van der Waals surface area contributed by atoms with Crippen molar-refractivity contribution in [2.75, 3.05) is 19.6 Å². The van der Waals surface area contributed by atoms with Gasteiger partial charge in [-0.2, -0.15) is 0 Å². The maximum Gasteiger partial charge on any atom is 0.239 e. The number of hydrogen-bond acceptors (Lipinski definition) is 3. The summed E-state index contributed by atoms with van der Waals surface area (Å²) < 4.78 is 0. The summed E-state index contributed by atoms with van der Waals surface area (Å²) in [6.07, 6.45) is 5.53. The van der Waals surface area contributed by atoms with Crippen molar-refractivity contribution in [2.24, 2.45) is 11.7 Å². The van der Waals surface area contributed by atoms with Crippen molar-refractivity contribution in [1.82, 2.24) is 9.80 Å². The first-order valence-electron chi connectivity index (χ1n) is 8.20. The molecule has 0 unspecified atom stereocenters. The van der Waals surface area contributed by atoms with Crippen LogP contribution in [0, 0.1) is 5.92 Å². The van der Waals surface area contributed by atoms with Crippen LogP contribution in [0.15, 0.2) is 0 Å². The molecule has 2 aliphatic rings. The molecule has 21 heavy (non-hydrogen) atoms. The predicted molar refractivity (Wildman–Crippen MR) is 82.6 cm³/mol. The second-order valence-electron chi connectivity index (χ2n) is 6.99. The molecule has 1 spiro atoms. The maximum atomic E-state index is 12.5. The first-order chi connectivity index (χ1) is 9.87. The van der Waals surface area contributed by atoms with E-state index < -0.39 is 6.04 Å². The van der Waals surface area contributed by atoms with E-state index in [1.54, 1.807) is 6.92 Å². The van der Waals surface area contributed by atoms with Gasteiger partial charge in [0.2, 0.25) is 11.8 Å². The molecule has 120 valence electrons. The van der Waals surface area contributed by atoms with Gasteiger partial charge in [0.25, 0.3) is 0 Å². The Morgan fingerprint density at radius 1 is 1.10 bits per heavy atom. The Balaban J connectivity index is 2.16. The molecule has 5 nitrogen and oxygen atoms in total. The van der Waals surface area contributed by atoms with Crippen molar-refractivity contribution in [3.05, 3.63) is 0 Å². The summed E-state index contributed by atoms with van der Waals surface area (Å²) in [4.78, 5) is 28.4. The largest absolute Gasteiger partial charge is 0.337 e. The van der Waals surface area contributed by atoms with Crippen LogP contribution < -0.4 is 5.73 Å². The van der Waals surface area contributed by atoms with Crippen LogP contribution in [0.3, 0.4) is 0 Å². The molecule has 1 atom stereocenters. The van der Waals surface area contributed by atoms with Crippen LogP contribution >= 0.6 is 0 Å². The van der Waals surface area contributed by atoms with E-state index in [0.29, 0.717) is 19.6 Å². The summed E-state index contributed by atoms with van der Waals surface area (Å²) in [6.45, 7) is 7.52. The highest BCUT2D eigenvalue weighted by Crippen LogP contribution is 2.36. The molecular formula is C16H29N3O2. The van der Waals surface area contributed by atoms with Gasteiger partial charge in [0.05, 0.1) is 11.6 Å². The normalized spacial score (nSPS) is 23.5. The van der Waals surface area contributed by atoms with E-state index in [0.717, 1.165) is 25.7 Å². The number of nitrogens with two attached hydrogens (primary N) is 1. The molecular weight excluding hydrogens is 266 g/mol. The molecule has 0 aromatic heterocycles. The molecule has 0 radical (unpaired) electrons. The summed E-state index contributed by atoms with van der Waals surface area (Å²) in [5.41, 5.74) is 5.89. The van der Waals surface area contributed by atoms with Crippen LogP contribution in [0.1, 0.15) is 52.9 Å². The quantitative estimate of drug-likeness (QED) is 0.836. The van der Waals surface area contributed by atoms with Crippen molar-refractivity contribution in [2.45, 2.75) is 64.5 Å². The molecule has 1 saturated heterocycles. The zero-order valence-corrected chi connectivity index (χ0v) is 13.6. The Morgan fingerprint density at radius 3 is 2.24 bits per heavy atom. The van der Waals surface area contributed by atoms with Crippen molar-refractivity contribution in [3.8, 4) is 0 Å². The van der Waals surface area contributed by atoms with Crippen LogP contribution in [0.4, 0.5) is 0 Å². The monoisotopic (exact) mass is 295 g/mol. The van der Waals surface area contributed by atoms with Crippen LogP contribution in [-0.2, 0) is 9.59 Å². The van der Waals surface area contributed by atoms with E-state index in [4.69, 9.17) is 5.73 Å². The zero-order valence-electron chi connectivity index (χ0n) is 13.6. The first kappa shape index (κ1) is 16.3. The molecule has 0 bridgehead atoms. The van der Waals surface area contributed by atoms with Crippen LogP contribution in [-0.4, -0.2) is 52.8 Å². The average molecular weight is 295 g/mol. The van der Waals surface area contributed by atoms with Gasteiger partial charge in [-0.05, 0) is 18.8 Å². The van der Waals surface area contributed by atoms with E-state index in [1.807, 2.05) is 23.6 Å². The lowest BCUT2D eigenvalue weighted by Crippen LogP contribution is -2.66. The molecule has 2 amide bonds. The van der Waals surface area contributed by atoms with Gasteiger partial charge in [-0.15, -0.1) is 0 Å². The SMILES string of the molecule is CC(=O)N1CCN(C(=O)[C@@H](N)C(C)C)CC12CCCCC2. The smallest absolute Gasteiger partial charge is 0.239 e. The molecule has 1 aliphatic carbocycles. The lowest BCUT2D eigenvalue weighted by Gasteiger charge is -2.53. The van der Waals surface area contributed by atoms with Gasteiger partial charge in [-0.25, -0.2) is 0 Å². The summed E-state index contributed by atoms with van der Waals surface area (Å²) in [5.74, 6) is 0.320. The Labute approximate surface area is 127 Å². The predicted octanol–water partition coefficient (Wildman–Crippen LogP) is 1.36. The van der Waals surface area contributed by atoms with Crippen molar-refractivity contribution in [3.63, 3.8) is 0 Å². The Hall–Kier alpha value is -1.10. The van der Waals surface area contributed by atoms with Gasteiger partial charge in [0.15, 0.2) is 0 Å². The third-order valence-corrected chi connectivity index (χ3v) is 5.13. The minimum absolute atomic E-state index is 0.0400. The molecule has 2 N–H and O–H groups in total. The zero-order chi connectivity index (χ0) is 15.6. The number of amides is 2. The third kappa shape index (κ3) is 3.23. The fraction of sp³-hybridized carbons (Fsp3) is 0.875. The molecule has 2 rings (SSSR count). The maximum absolute atomic E-state index is 12.5. The molecule has 0 aromatic rings. The Morgan fingerprint density at radius 2 is 1.71 bits per heavy atom. The topological polar surface area (TPSA) is 66.6 Å². The summed E-state index contributed by atoms with van der Waals surface area (Å²) in [7, 11) is 0. The lowest BCUT2D eigenvalue weighted by molar-refractivity contribution is -0.151. The number of carbonyl (C=O) groups excluding carboxylic acids is 2. The van der Waals surface area contributed by atoms with Crippen LogP contribution in [0.2, 0.25) is 0 Å². The van der Waals surface area contributed by atoms with Gasteiger partial charge in [-0.1, -0.05) is 33.1 Å². The van der Waals surface area contributed by atoms with Gasteiger partial charge < -0.3 is 15.5 Å². The molecule has 1 heterocycles. The summed E-state index contributed by atoms with van der Waals surface area (Å²) in [6, 6.07) is -0.436. The van der Waals surface area contributed by atoms with Crippen molar-refractivity contribution < 1.29 is 9.59 Å². The highest BCUT2D eigenvalue weighted by Gasteiger charge is 2.45. The standard InChI is InChI=1S/C16H29N3O2/c1-12(2)14(17)15(21)18-9-10-19(13(3)20)16(11-18)7-5-4-6-8-16/h12,14H,4-11,17H2,1-3H3/t14-/m0/s1. The molecule has 0 aromatic carbocycles.